The van der Waals surface area contributed by atoms with Crippen LogP contribution in [0.1, 0.15) is 70.8 Å². The van der Waals surface area contributed by atoms with Crippen LogP contribution >= 0.6 is 0 Å². The van der Waals surface area contributed by atoms with Crippen molar-refractivity contribution in [3.8, 4) is 11.5 Å². The van der Waals surface area contributed by atoms with Crippen LogP contribution in [0.5, 0.6) is 11.5 Å². The number of rotatable bonds is 14. The zero-order valence-corrected chi connectivity index (χ0v) is 18.6. The van der Waals surface area contributed by atoms with E-state index in [1.54, 1.807) is 6.08 Å². The van der Waals surface area contributed by atoms with Crippen LogP contribution in [0.25, 0.3) is 0 Å². The second-order valence-corrected chi connectivity index (χ2v) is 7.79. The van der Waals surface area contributed by atoms with Gasteiger partial charge in [0.25, 0.3) is 0 Å². The second-order valence-electron chi connectivity index (χ2n) is 7.79. The summed E-state index contributed by atoms with van der Waals surface area (Å²) in [4.78, 5) is 11.6. The van der Waals surface area contributed by atoms with Gasteiger partial charge in [-0.25, -0.2) is 0 Å². The summed E-state index contributed by atoms with van der Waals surface area (Å²) in [7, 11) is 0. The summed E-state index contributed by atoms with van der Waals surface area (Å²) in [6, 6.07) is 6.43. The van der Waals surface area contributed by atoms with E-state index in [1.807, 2.05) is 25.1 Å². The lowest BCUT2D eigenvalue weighted by Gasteiger charge is -2.07. The first kappa shape index (κ1) is 23.8. The number of hydrogen-bond acceptors (Lipinski definition) is 3. The van der Waals surface area contributed by atoms with Gasteiger partial charge in [-0.2, -0.15) is 0 Å². The predicted octanol–water partition coefficient (Wildman–Crippen LogP) is 6.27. The summed E-state index contributed by atoms with van der Waals surface area (Å²) in [5, 5.41) is 2.92. The number of ether oxygens (including phenoxy) is 2. The Bertz CT molecular complexity index is 721. The highest BCUT2D eigenvalue weighted by Crippen LogP contribution is 2.32. The molecule has 1 heterocycles. The molecule has 164 valence electrons. The maximum Gasteiger partial charge on any atom is 0.244 e. The monoisotopic (exact) mass is 411 g/mol. The number of carbonyl (C=O) groups excluding carboxylic acids is 1. The molecular weight excluding hydrogens is 374 g/mol. The Hall–Kier alpha value is -2.49. The second kappa shape index (κ2) is 14.5. The molecular formula is C26H37NO3. The van der Waals surface area contributed by atoms with Gasteiger partial charge >= 0.3 is 0 Å². The van der Waals surface area contributed by atoms with Gasteiger partial charge in [-0.1, -0.05) is 56.2 Å². The third-order valence-electron chi connectivity index (χ3n) is 5.19. The van der Waals surface area contributed by atoms with Crippen LogP contribution < -0.4 is 14.8 Å². The average Bonchev–Trinajstić information content (AvgIpc) is 3.21. The highest BCUT2D eigenvalue weighted by atomic mass is 16.7. The molecule has 0 saturated carbocycles. The number of unbranched alkanes of at least 4 members (excludes halogenated alkanes) is 5. The summed E-state index contributed by atoms with van der Waals surface area (Å²) in [6.07, 6.45) is 22.4. The number of carbonyl (C=O) groups is 1. The van der Waals surface area contributed by atoms with Crippen molar-refractivity contribution in [1.29, 1.82) is 0 Å². The van der Waals surface area contributed by atoms with E-state index in [4.69, 9.17) is 9.47 Å². The van der Waals surface area contributed by atoms with Gasteiger partial charge in [0.15, 0.2) is 11.5 Å². The molecule has 1 atom stereocenters. The average molecular weight is 412 g/mol. The van der Waals surface area contributed by atoms with Crippen molar-refractivity contribution < 1.29 is 14.3 Å². The molecule has 0 aromatic heterocycles. The van der Waals surface area contributed by atoms with E-state index in [-0.39, 0.29) is 11.9 Å². The molecule has 0 unspecified atom stereocenters. The van der Waals surface area contributed by atoms with Gasteiger partial charge in [-0.15, -0.1) is 0 Å². The molecule has 0 radical (unpaired) electrons. The minimum Gasteiger partial charge on any atom is -0.454 e. The van der Waals surface area contributed by atoms with Crippen molar-refractivity contribution in [2.75, 3.05) is 6.79 Å². The fourth-order valence-electron chi connectivity index (χ4n) is 3.17. The Labute approximate surface area is 182 Å². The Kier molecular flexibility index (Phi) is 11.5. The molecule has 0 spiro atoms. The van der Waals surface area contributed by atoms with Gasteiger partial charge in [0.05, 0.1) is 0 Å². The van der Waals surface area contributed by atoms with Crippen molar-refractivity contribution in [2.45, 2.75) is 77.7 Å². The molecule has 0 saturated heterocycles. The third kappa shape index (κ3) is 9.82. The molecule has 1 aromatic carbocycles. The fourth-order valence-corrected chi connectivity index (χ4v) is 3.17. The van der Waals surface area contributed by atoms with E-state index in [1.165, 1.54) is 31.2 Å². The maximum absolute atomic E-state index is 11.6. The summed E-state index contributed by atoms with van der Waals surface area (Å²) >= 11 is 0. The predicted molar refractivity (Wildman–Crippen MR) is 124 cm³/mol. The standard InChI is InChI=1S/C26H37NO3/c1-3-22(2)27-26(28)17-15-13-11-9-7-5-4-6-8-10-12-14-16-23-18-19-24-25(20-23)30-21-29-24/h10-13,15,17-20,22H,3-9,14,16,21H2,1-2H3,(H,27,28)/b12-10+,13-11+,17-15+/t22-/m0/s1. The highest BCUT2D eigenvalue weighted by Gasteiger charge is 2.12. The quantitative estimate of drug-likeness (QED) is 0.170. The van der Waals surface area contributed by atoms with Crippen molar-refractivity contribution in [3.05, 3.63) is 60.2 Å². The lowest BCUT2D eigenvalue weighted by atomic mass is 10.1. The summed E-state index contributed by atoms with van der Waals surface area (Å²) < 4.78 is 10.8. The molecule has 1 amide bonds. The van der Waals surface area contributed by atoms with Crippen LogP contribution in [0.3, 0.4) is 0 Å². The molecule has 1 aliphatic heterocycles. The molecule has 4 nitrogen and oxygen atoms in total. The topological polar surface area (TPSA) is 47.6 Å². The van der Waals surface area contributed by atoms with Crippen molar-refractivity contribution >= 4 is 5.91 Å². The molecule has 1 aromatic rings. The summed E-state index contributed by atoms with van der Waals surface area (Å²) in [5.74, 6) is 1.71. The summed E-state index contributed by atoms with van der Waals surface area (Å²) in [6.45, 7) is 4.41. The van der Waals surface area contributed by atoms with E-state index < -0.39 is 0 Å². The number of benzene rings is 1. The highest BCUT2D eigenvalue weighted by molar-refractivity contribution is 5.87. The first-order valence-electron chi connectivity index (χ1n) is 11.4. The number of fused-ring (bicyclic) bond motifs is 1. The zero-order valence-electron chi connectivity index (χ0n) is 18.6. The fraction of sp³-hybridized carbons (Fsp3) is 0.500. The van der Waals surface area contributed by atoms with Gasteiger partial charge in [0.2, 0.25) is 12.7 Å². The van der Waals surface area contributed by atoms with Crippen LogP contribution in [0, 0.1) is 0 Å². The van der Waals surface area contributed by atoms with Crippen LogP contribution in [-0.2, 0) is 11.2 Å². The van der Waals surface area contributed by atoms with Gasteiger partial charge in [0, 0.05) is 12.1 Å². The molecule has 1 aliphatic rings. The lowest BCUT2D eigenvalue weighted by molar-refractivity contribution is -0.117. The van der Waals surface area contributed by atoms with Crippen LogP contribution in [0.15, 0.2) is 54.7 Å². The van der Waals surface area contributed by atoms with Crippen molar-refractivity contribution in [2.24, 2.45) is 0 Å². The molecule has 0 bridgehead atoms. The number of aryl methyl sites for hydroxylation is 1. The summed E-state index contributed by atoms with van der Waals surface area (Å²) in [5.41, 5.74) is 1.29. The molecule has 0 aliphatic carbocycles. The number of nitrogens with one attached hydrogen (secondary N) is 1. The minimum atomic E-state index is -0.0158. The van der Waals surface area contributed by atoms with Gasteiger partial charge in [-0.05, 0) is 69.6 Å². The van der Waals surface area contributed by atoms with Crippen LogP contribution in [-0.4, -0.2) is 18.7 Å². The largest absolute Gasteiger partial charge is 0.454 e. The van der Waals surface area contributed by atoms with Crippen LogP contribution in [0.2, 0.25) is 0 Å². The van der Waals surface area contributed by atoms with Gasteiger partial charge in [-0.3, -0.25) is 4.79 Å². The Balaban J connectivity index is 1.42. The van der Waals surface area contributed by atoms with E-state index >= 15 is 0 Å². The smallest absolute Gasteiger partial charge is 0.244 e. The van der Waals surface area contributed by atoms with Gasteiger partial charge < -0.3 is 14.8 Å². The zero-order chi connectivity index (χ0) is 21.4. The maximum atomic E-state index is 11.6. The normalized spacial score (nSPS) is 14.2. The Morgan fingerprint density at radius 3 is 2.53 bits per heavy atom. The Morgan fingerprint density at radius 2 is 1.73 bits per heavy atom. The van der Waals surface area contributed by atoms with E-state index in [0.717, 1.165) is 43.6 Å². The molecule has 30 heavy (non-hydrogen) atoms. The molecule has 2 rings (SSSR count). The number of allylic oxidation sites excluding steroid dienone is 5. The van der Waals surface area contributed by atoms with Gasteiger partial charge in [0.1, 0.15) is 0 Å². The molecule has 0 fully saturated rings. The molecule has 4 heteroatoms. The SMILES string of the molecule is CC[C@H](C)NC(=O)/C=C/C=C/CCCCCC/C=C/CCc1ccc2c(c1)OCO2. The van der Waals surface area contributed by atoms with E-state index in [9.17, 15) is 4.79 Å². The third-order valence-corrected chi connectivity index (χ3v) is 5.19. The van der Waals surface area contributed by atoms with Crippen molar-refractivity contribution in [3.63, 3.8) is 0 Å². The number of amides is 1. The first-order chi connectivity index (χ1) is 14.7. The minimum absolute atomic E-state index is 0.0158. The first-order valence-corrected chi connectivity index (χ1v) is 11.4. The number of hydrogen-bond donors (Lipinski definition) is 1. The Morgan fingerprint density at radius 1 is 1.00 bits per heavy atom. The van der Waals surface area contributed by atoms with Crippen LogP contribution in [0.4, 0.5) is 0 Å². The lowest BCUT2D eigenvalue weighted by Crippen LogP contribution is -2.30. The van der Waals surface area contributed by atoms with E-state index in [0.29, 0.717) is 6.79 Å². The van der Waals surface area contributed by atoms with E-state index in [2.05, 4.69) is 42.6 Å². The van der Waals surface area contributed by atoms with Crippen molar-refractivity contribution in [1.82, 2.24) is 5.32 Å². The molecule has 1 N–H and O–H groups in total.